The average Bonchev–Trinajstić information content (AvgIpc) is 3.22. The van der Waals surface area contributed by atoms with Crippen LogP contribution in [0.1, 0.15) is 81.6 Å². The lowest BCUT2D eigenvalue weighted by atomic mass is 9.96. The SMILES string of the molecule is CC(C)n1c(=O)c(C(=O)NC2CC3CCC(C2)N3CCCS(=O)(=O)N(C)C2CCN(CCC#N)CC2)cc2ccccc21. The lowest BCUT2D eigenvalue weighted by Crippen LogP contribution is -2.51. The second kappa shape index (κ2) is 13.5. The smallest absolute Gasteiger partial charge is 0.264 e. The van der Waals surface area contributed by atoms with Gasteiger partial charge in [0.25, 0.3) is 11.5 Å². The van der Waals surface area contributed by atoms with Crippen LogP contribution in [0.15, 0.2) is 35.1 Å². The Kier molecular flexibility index (Phi) is 9.91. The second-order valence-electron chi connectivity index (χ2n) is 12.8. The minimum Gasteiger partial charge on any atom is -0.349 e. The summed E-state index contributed by atoms with van der Waals surface area (Å²) in [6.07, 6.45) is 6.41. The standard InChI is InChI=1S/C32H46N6O4S/c1-23(2)38-30-9-5-4-8-24(30)20-29(32(38)40)31(39)34-25-21-27-10-11-28(22-25)37(27)16-7-19-43(41,42)35(3)26-12-17-36(18-13-26)15-6-14-33/h4-5,8-9,20,23,25-28H,6-7,10-13,15-19,21-22H2,1-3H3,(H,34,39). The van der Waals surface area contributed by atoms with E-state index < -0.39 is 10.0 Å². The summed E-state index contributed by atoms with van der Waals surface area (Å²) in [5, 5.41) is 12.9. The van der Waals surface area contributed by atoms with Crippen LogP contribution < -0.4 is 10.9 Å². The number of aromatic nitrogens is 1. The number of hydrogen-bond acceptors (Lipinski definition) is 7. The van der Waals surface area contributed by atoms with E-state index >= 15 is 0 Å². The number of hydrogen-bond donors (Lipinski definition) is 1. The lowest BCUT2D eigenvalue weighted by molar-refractivity contribution is 0.0844. The zero-order valence-corrected chi connectivity index (χ0v) is 26.6. The Labute approximate surface area is 255 Å². The van der Waals surface area contributed by atoms with E-state index in [1.54, 1.807) is 22.0 Å². The van der Waals surface area contributed by atoms with Gasteiger partial charge in [0.2, 0.25) is 10.0 Å². The molecule has 0 radical (unpaired) electrons. The number of carbonyl (C=O) groups is 1. The number of fused-ring (bicyclic) bond motifs is 3. The largest absolute Gasteiger partial charge is 0.349 e. The van der Waals surface area contributed by atoms with Gasteiger partial charge in [0, 0.05) is 50.2 Å². The second-order valence-corrected chi connectivity index (χ2v) is 15.0. The van der Waals surface area contributed by atoms with Crippen LogP contribution in [0.25, 0.3) is 10.9 Å². The quantitative estimate of drug-likeness (QED) is 0.415. The maximum absolute atomic E-state index is 13.4. The molecule has 1 amide bonds. The van der Waals surface area contributed by atoms with Crippen molar-refractivity contribution in [2.45, 2.75) is 95.4 Å². The van der Waals surface area contributed by atoms with Crippen molar-refractivity contribution in [2.24, 2.45) is 0 Å². The Balaban J connectivity index is 1.14. The molecule has 234 valence electrons. The molecule has 2 atom stereocenters. The number of nitrogens with one attached hydrogen (secondary N) is 1. The average molecular weight is 611 g/mol. The first-order valence-corrected chi connectivity index (χ1v) is 17.5. The Morgan fingerprint density at radius 3 is 2.42 bits per heavy atom. The maximum Gasteiger partial charge on any atom is 0.264 e. The number of sulfonamides is 1. The number of benzene rings is 1. The summed E-state index contributed by atoms with van der Waals surface area (Å²) >= 11 is 0. The van der Waals surface area contributed by atoms with Gasteiger partial charge < -0.3 is 14.8 Å². The number of rotatable bonds is 11. The van der Waals surface area contributed by atoms with Crippen LogP contribution in [0.2, 0.25) is 0 Å². The zero-order valence-electron chi connectivity index (χ0n) is 25.7. The molecule has 11 heteroatoms. The van der Waals surface area contributed by atoms with E-state index in [9.17, 15) is 18.0 Å². The van der Waals surface area contributed by atoms with Crippen LogP contribution in [0.4, 0.5) is 0 Å². The first kappa shape index (κ1) is 31.6. The molecule has 5 rings (SSSR count). The van der Waals surface area contributed by atoms with Crippen molar-refractivity contribution in [3.05, 3.63) is 46.2 Å². The van der Waals surface area contributed by atoms with E-state index in [0.717, 1.165) is 75.6 Å². The van der Waals surface area contributed by atoms with Crippen LogP contribution in [0.3, 0.4) is 0 Å². The first-order chi connectivity index (χ1) is 20.6. The van der Waals surface area contributed by atoms with Gasteiger partial charge in [-0.1, -0.05) is 18.2 Å². The molecule has 10 nitrogen and oxygen atoms in total. The summed E-state index contributed by atoms with van der Waals surface area (Å²) in [7, 11) is -1.63. The van der Waals surface area contributed by atoms with Crippen molar-refractivity contribution in [3.63, 3.8) is 0 Å². The van der Waals surface area contributed by atoms with Crippen molar-refractivity contribution in [1.29, 1.82) is 5.26 Å². The molecular weight excluding hydrogens is 564 g/mol. The molecule has 0 aliphatic carbocycles. The van der Waals surface area contributed by atoms with E-state index in [2.05, 4.69) is 21.2 Å². The highest BCUT2D eigenvalue weighted by molar-refractivity contribution is 7.89. The van der Waals surface area contributed by atoms with E-state index in [1.165, 1.54) is 0 Å². The molecule has 3 aliphatic rings. The van der Waals surface area contributed by atoms with Crippen molar-refractivity contribution in [2.75, 3.05) is 39.0 Å². The van der Waals surface area contributed by atoms with Crippen molar-refractivity contribution >= 4 is 26.8 Å². The summed E-state index contributed by atoms with van der Waals surface area (Å²) in [6.45, 7) is 7.05. The number of amides is 1. The molecule has 3 aliphatic heterocycles. The molecule has 3 fully saturated rings. The fourth-order valence-corrected chi connectivity index (χ4v) is 8.94. The fourth-order valence-electron chi connectivity index (χ4n) is 7.50. The highest BCUT2D eigenvalue weighted by Gasteiger charge is 2.41. The van der Waals surface area contributed by atoms with Crippen LogP contribution in [-0.4, -0.2) is 96.1 Å². The monoisotopic (exact) mass is 610 g/mol. The number of likely N-dealkylation sites (tertiary alicyclic amines) is 1. The molecule has 1 N–H and O–H groups in total. The van der Waals surface area contributed by atoms with Gasteiger partial charge >= 0.3 is 0 Å². The molecule has 0 spiro atoms. The molecule has 2 bridgehead atoms. The van der Waals surface area contributed by atoms with Crippen LogP contribution >= 0.6 is 0 Å². The fraction of sp³-hybridized carbons (Fsp3) is 0.656. The minimum atomic E-state index is -3.35. The molecule has 1 aromatic carbocycles. The van der Waals surface area contributed by atoms with E-state index in [1.807, 2.05) is 38.1 Å². The minimum absolute atomic E-state index is 0.00601. The summed E-state index contributed by atoms with van der Waals surface area (Å²) in [5.74, 6) is -0.175. The van der Waals surface area contributed by atoms with E-state index in [-0.39, 0.29) is 40.9 Å². The van der Waals surface area contributed by atoms with Crippen LogP contribution in [0, 0.1) is 11.3 Å². The molecule has 43 heavy (non-hydrogen) atoms. The highest BCUT2D eigenvalue weighted by atomic mass is 32.2. The summed E-state index contributed by atoms with van der Waals surface area (Å²) < 4.78 is 29.6. The Morgan fingerprint density at radius 1 is 1.09 bits per heavy atom. The van der Waals surface area contributed by atoms with Gasteiger partial charge in [-0.2, -0.15) is 5.26 Å². The Hall–Kier alpha value is -2.78. The van der Waals surface area contributed by atoms with Gasteiger partial charge in [-0.15, -0.1) is 0 Å². The third-order valence-corrected chi connectivity index (χ3v) is 11.8. The number of para-hydroxylation sites is 1. The van der Waals surface area contributed by atoms with Gasteiger partial charge in [0.15, 0.2) is 0 Å². The molecule has 1 aromatic heterocycles. The lowest BCUT2D eigenvalue weighted by Gasteiger charge is -2.39. The van der Waals surface area contributed by atoms with Gasteiger partial charge in [0.1, 0.15) is 5.56 Å². The van der Waals surface area contributed by atoms with Crippen molar-refractivity contribution < 1.29 is 13.2 Å². The number of nitriles is 1. The van der Waals surface area contributed by atoms with Crippen molar-refractivity contribution in [1.82, 2.24) is 24.0 Å². The van der Waals surface area contributed by atoms with Crippen LogP contribution in [0.5, 0.6) is 0 Å². The first-order valence-electron chi connectivity index (χ1n) is 15.8. The zero-order chi connectivity index (χ0) is 30.7. The third kappa shape index (κ3) is 6.98. The van der Waals surface area contributed by atoms with E-state index in [0.29, 0.717) is 24.9 Å². The summed E-state index contributed by atoms with van der Waals surface area (Å²) in [5.41, 5.74) is 0.752. The van der Waals surface area contributed by atoms with Crippen molar-refractivity contribution in [3.8, 4) is 6.07 Å². The van der Waals surface area contributed by atoms with Gasteiger partial charge in [-0.3, -0.25) is 14.5 Å². The predicted molar refractivity (Wildman–Crippen MR) is 168 cm³/mol. The molecule has 2 unspecified atom stereocenters. The number of piperidine rings is 2. The normalized spacial score (nSPS) is 23.7. The van der Waals surface area contributed by atoms with Gasteiger partial charge in [0.05, 0.1) is 17.3 Å². The van der Waals surface area contributed by atoms with Crippen LogP contribution in [-0.2, 0) is 10.0 Å². The summed E-state index contributed by atoms with van der Waals surface area (Å²) in [6, 6.07) is 12.1. The van der Waals surface area contributed by atoms with E-state index in [4.69, 9.17) is 5.26 Å². The number of carbonyl (C=O) groups excluding carboxylic acids is 1. The third-order valence-electron chi connectivity index (χ3n) is 9.79. The number of pyridine rings is 1. The highest BCUT2D eigenvalue weighted by Crippen LogP contribution is 2.36. The molecule has 3 saturated heterocycles. The van der Waals surface area contributed by atoms with Gasteiger partial charge in [-0.05, 0) is 95.9 Å². The topological polar surface area (TPSA) is 119 Å². The summed E-state index contributed by atoms with van der Waals surface area (Å²) in [4.78, 5) is 31.4. The predicted octanol–water partition coefficient (Wildman–Crippen LogP) is 3.34. The Bertz CT molecular complexity index is 1490. The molecular formula is C32H46N6O4S. The molecule has 4 heterocycles. The maximum atomic E-state index is 13.4. The molecule has 2 aromatic rings. The van der Waals surface area contributed by atoms with Gasteiger partial charge in [-0.25, -0.2) is 12.7 Å². The number of nitrogens with zero attached hydrogens (tertiary/aromatic N) is 5. The Morgan fingerprint density at radius 2 is 1.77 bits per heavy atom. The molecule has 0 saturated carbocycles.